The zero-order valence-electron chi connectivity index (χ0n) is 11.7. The monoisotopic (exact) mass is 272 g/mol. The van der Waals surface area contributed by atoms with Gasteiger partial charge in [0, 0.05) is 5.92 Å². The van der Waals surface area contributed by atoms with Gasteiger partial charge in [-0.3, -0.25) is 0 Å². The van der Waals surface area contributed by atoms with Gasteiger partial charge in [0.15, 0.2) is 0 Å². The van der Waals surface area contributed by atoms with Gasteiger partial charge in [0.05, 0.1) is 6.61 Å². The fraction of sp³-hybridized carbons (Fsp3) is 0.100. The number of hydrogen-bond donors (Lipinski definition) is 1. The number of benzene rings is 3. The molecule has 0 bridgehead atoms. The smallest absolute Gasteiger partial charge is 0.0684 e. The minimum Gasteiger partial charge on any atom is -0.392 e. The van der Waals surface area contributed by atoms with Crippen molar-refractivity contribution in [1.82, 2.24) is 0 Å². The summed E-state index contributed by atoms with van der Waals surface area (Å²) in [6, 6.07) is 25.4. The van der Waals surface area contributed by atoms with Crippen LogP contribution in [0.4, 0.5) is 0 Å². The molecule has 0 fully saturated rings. The lowest BCUT2D eigenvalue weighted by molar-refractivity contribution is 0.280. The van der Waals surface area contributed by atoms with Crippen molar-refractivity contribution in [1.29, 1.82) is 0 Å². The van der Waals surface area contributed by atoms with Gasteiger partial charge in [-0.15, -0.1) is 0 Å². The van der Waals surface area contributed by atoms with E-state index >= 15 is 0 Å². The molecule has 0 saturated heterocycles. The SMILES string of the molecule is OCc1ccccc1C1c2ccccc2-c2ccccc21. The molecule has 3 aromatic carbocycles. The predicted octanol–water partition coefficient (Wildman–Crippen LogP) is 4.34. The molecule has 0 amide bonds. The lowest BCUT2D eigenvalue weighted by Crippen LogP contribution is -2.03. The van der Waals surface area contributed by atoms with E-state index in [1.165, 1.54) is 27.8 Å². The molecule has 1 nitrogen and oxygen atoms in total. The average Bonchev–Trinajstić information content (AvgIpc) is 2.89. The summed E-state index contributed by atoms with van der Waals surface area (Å²) < 4.78 is 0. The maximum atomic E-state index is 9.67. The topological polar surface area (TPSA) is 20.2 Å². The van der Waals surface area contributed by atoms with Gasteiger partial charge in [-0.2, -0.15) is 0 Å². The molecule has 1 aliphatic rings. The Kier molecular flexibility index (Phi) is 2.87. The van der Waals surface area contributed by atoms with Gasteiger partial charge in [-0.1, -0.05) is 72.8 Å². The largest absolute Gasteiger partial charge is 0.392 e. The van der Waals surface area contributed by atoms with Crippen LogP contribution in [0.3, 0.4) is 0 Å². The molecule has 0 aliphatic heterocycles. The molecule has 21 heavy (non-hydrogen) atoms. The molecule has 4 rings (SSSR count). The average molecular weight is 272 g/mol. The molecule has 102 valence electrons. The molecule has 0 heterocycles. The molecule has 3 aromatic rings. The number of aliphatic hydroxyl groups excluding tert-OH is 1. The summed E-state index contributed by atoms with van der Waals surface area (Å²) in [5.41, 5.74) is 7.50. The van der Waals surface area contributed by atoms with E-state index in [4.69, 9.17) is 0 Å². The Balaban J connectivity index is 2.01. The summed E-state index contributed by atoms with van der Waals surface area (Å²) in [7, 11) is 0. The summed E-state index contributed by atoms with van der Waals surface area (Å²) in [5.74, 6) is 0.223. The molecule has 0 aromatic heterocycles. The molecule has 0 unspecified atom stereocenters. The van der Waals surface area contributed by atoms with Crippen LogP contribution >= 0.6 is 0 Å². The van der Waals surface area contributed by atoms with Gasteiger partial charge in [0.25, 0.3) is 0 Å². The first-order chi connectivity index (χ1) is 10.4. The fourth-order valence-corrected chi connectivity index (χ4v) is 3.45. The van der Waals surface area contributed by atoms with Gasteiger partial charge in [-0.05, 0) is 33.4 Å². The van der Waals surface area contributed by atoms with Crippen molar-refractivity contribution in [3.63, 3.8) is 0 Å². The van der Waals surface area contributed by atoms with Crippen LogP contribution < -0.4 is 0 Å². The molecular weight excluding hydrogens is 256 g/mol. The Bertz CT molecular complexity index is 759. The Morgan fingerprint density at radius 1 is 0.619 bits per heavy atom. The van der Waals surface area contributed by atoms with Gasteiger partial charge in [0.2, 0.25) is 0 Å². The van der Waals surface area contributed by atoms with E-state index in [1.54, 1.807) is 0 Å². The minimum absolute atomic E-state index is 0.0804. The Labute approximate surface area is 124 Å². The third kappa shape index (κ3) is 1.82. The van der Waals surface area contributed by atoms with E-state index in [1.807, 2.05) is 12.1 Å². The van der Waals surface area contributed by atoms with Crippen LogP contribution in [0.1, 0.15) is 28.2 Å². The van der Waals surface area contributed by atoms with Crippen molar-refractivity contribution in [2.45, 2.75) is 12.5 Å². The summed E-state index contributed by atoms with van der Waals surface area (Å²) in [6.07, 6.45) is 0. The summed E-state index contributed by atoms with van der Waals surface area (Å²) in [6.45, 7) is 0.0804. The van der Waals surface area contributed by atoms with Gasteiger partial charge in [-0.25, -0.2) is 0 Å². The lowest BCUT2D eigenvalue weighted by Gasteiger charge is -2.17. The highest BCUT2D eigenvalue weighted by Gasteiger charge is 2.30. The van der Waals surface area contributed by atoms with Crippen LogP contribution in [0.15, 0.2) is 72.8 Å². The zero-order chi connectivity index (χ0) is 14.2. The number of hydrogen-bond acceptors (Lipinski definition) is 1. The Morgan fingerprint density at radius 2 is 1.10 bits per heavy atom. The molecule has 0 atom stereocenters. The van der Waals surface area contributed by atoms with Gasteiger partial charge >= 0.3 is 0 Å². The zero-order valence-corrected chi connectivity index (χ0v) is 11.7. The van der Waals surface area contributed by atoms with Crippen LogP contribution in [0.2, 0.25) is 0 Å². The molecule has 0 spiro atoms. The van der Waals surface area contributed by atoms with Crippen molar-refractivity contribution in [2.75, 3.05) is 0 Å². The highest BCUT2D eigenvalue weighted by Crippen LogP contribution is 2.48. The minimum atomic E-state index is 0.0804. The summed E-state index contributed by atoms with van der Waals surface area (Å²) >= 11 is 0. The second-order valence-electron chi connectivity index (χ2n) is 5.46. The van der Waals surface area contributed by atoms with Crippen molar-refractivity contribution in [3.05, 3.63) is 95.1 Å². The van der Waals surface area contributed by atoms with Crippen LogP contribution in [0.5, 0.6) is 0 Å². The first-order valence-electron chi connectivity index (χ1n) is 7.27. The normalized spacial score (nSPS) is 13.0. The van der Waals surface area contributed by atoms with Crippen molar-refractivity contribution >= 4 is 0 Å². The van der Waals surface area contributed by atoms with Crippen molar-refractivity contribution in [3.8, 4) is 11.1 Å². The third-order valence-electron chi connectivity index (χ3n) is 4.37. The van der Waals surface area contributed by atoms with E-state index in [2.05, 4.69) is 60.7 Å². The molecule has 1 heteroatoms. The Morgan fingerprint density at radius 3 is 1.67 bits per heavy atom. The third-order valence-corrected chi connectivity index (χ3v) is 4.37. The molecule has 1 N–H and O–H groups in total. The van der Waals surface area contributed by atoms with E-state index in [0.29, 0.717) is 0 Å². The summed E-state index contributed by atoms with van der Waals surface area (Å²) in [4.78, 5) is 0. The van der Waals surface area contributed by atoms with E-state index in [9.17, 15) is 5.11 Å². The second kappa shape index (κ2) is 4.87. The fourth-order valence-electron chi connectivity index (χ4n) is 3.45. The molecular formula is C20H16O. The van der Waals surface area contributed by atoms with E-state index in [-0.39, 0.29) is 12.5 Å². The molecule has 0 radical (unpaired) electrons. The van der Waals surface area contributed by atoms with E-state index < -0.39 is 0 Å². The first kappa shape index (κ1) is 12.4. The van der Waals surface area contributed by atoms with Crippen molar-refractivity contribution in [2.24, 2.45) is 0 Å². The van der Waals surface area contributed by atoms with Crippen molar-refractivity contribution < 1.29 is 5.11 Å². The van der Waals surface area contributed by atoms with E-state index in [0.717, 1.165) is 5.56 Å². The van der Waals surface area contributed by atoms with Gasteiger partial charge in [0.1, 0.15) is 0 Å². The highest BCUT2D eigenvalue weighted by molar-refractivity contribution is 5.80. The van der Waals surface area contributed by atoms with Crippen LogP contribution in [0, 0.1) is 0 Å². The predicted molar refractivity (Wildman–Crippen MR) is 85.2 cm³/mol. The maximum absolute atomic E-state index is 9.67. The number of fused-ring (bicyclic) bond motifs is 3. The highest BCUT2D eigenvalue weighted by atomic mass is 16.3. The standard InChI is InChI=1S/C20H16O/c21-13-14-7-1-2-8-15(14)20-18-11-5-3-9-16(18)17-10-4-6-12-19(17)20/h1-12,20-21H,13H2. The quantitative estimate of drug-likeness (QED) is 0.575. The van der Waals surface area contributed by atoms with Crippen LogP contribution in [0.25, 0.3) is 11.1 Å². The number of rotatable bonds is 2. The molecule has 1 aliphatic carbocycles. The van der Waals surface area contributed by atoms with Gasteiger partial charge < -0.3 is 5.11 Å². The second-order valence-corrected chi connectivity index (χ2v) is 5.46. The maximum Gasteiger partial charge on any atom is 0.0684 e. The number of aliphatic hydroxyl groups is 1. The first-order valence-corrected chi connectivity index (χ1v) is 7.27. The summed E-state index contributed by atoms with van der Waals surface area (Å²) in [5, 5.41) is 9.67. The Hall–Kier alpha value is -2.38. The van der Waals surface area contributed by atoms with Crippen LogP contribution in [-0.2, 0) is 6.61 Å². The molecule has 0 saturated carbocycles. The lowest BCUT2D eigenvalue weighted by atomic mass is 9.86. The van der Waals surface area contributed by atoms with Crippen LogP contribution in [-0.4, -0.2) is 5.11 Å².